The van der Waals surface area contributed by atoms with E-state index in [0.29, 0.717) is 17.5 Å². The zero-order valence-electron chi connectivity index (χ0n) is 13.3. The second kappa shape index (κ2) is 6.35. The van der Waals surface area contributed by atoms with Crippen molar-refractivity contribution in [3.8, 4) is 11.3 Å². The van der Waals surface area contributed by atoms with Gasteiger partial charge in [-0.15, -0.1) is 0 Å². The zero-order chi connectivity index (χ0) is 17.3. The van der Waals surface area contributed by atoms with Crippen molar-refractivity contribution in [2.75, 3.05) is 0 Å². The number of rotatable bonds is 4. The van der Waals surface area contributed by atoms with E-state index >= 15 is 0 Å². The quantitative estimate of drug-likeness (QED) is 0.518. The number of fused-ring (bicyclic) bond motifs is 1. The molecule has 1 aromatic carbocycles. The number of carbonyl (C=O) groups is 1. The van der Waals surface area contributed by atoms with Crippen molar-refractivity contribution in [3.05, 3.63) is 65.4 Å². The first-order valence-corrected chi connectivity index (χ1v) is 7.61. The molecule has 0 amide bonds. The number of hydrogen-bond acceptors (Lipinski definition) is 2. The van der Waals surface area contributed by atoms with E-state index in [1.807, 2.05) is 26.0 Å². The van der Waals surface area contributed by atoms with Crippen molar-refractivity contribution in [1.82, 2.24) is 9.61 Å². The molecule has 0 unspecified atom stereocenters. The Hall–Kier alpha value is -2.82. The number of aromatic nitrogens is 2. The van der Waals surface area contributed by atoms with Crippen molar-refractivity contribution in [3.63, 3.8) is 0 Å². The van der Waals surface area contributed by atoms with Gasteiger partial charge in [-0.2, -0.15) is 5.10 Å². The number of hydrogen-bond donors (Lipinski definition) is 0. The molecule has 0 spiro atoms. The van der Waals surface area contributed by atoms with Crippen LogP contribution in [0.4, 0.5) is 8.78 Å². The lowest BCUT2D eigenvalue weighted by atomic mass is 9.93. The van der Waals surface area contributed by atoms with Crippen molar-refractivity contribution in [2.45, 2.75) is 19.8 Å². The molecule has 5 heteroatoms. The minimum absolute atomic E-state index is 0.124. The van der Waals surface area contributed by atoms with Gasteiger partial charge in [0.05, 0.1) is 5.52 Å². The van der Waals surface area contributed by atoms with Crippen molar-refractivity contribution >= 4 is 17.9 Å². The second-order valence-electron chi connectivity index (χ2n) is 5.79. The number of aldehydes is 1. The number of carbonyl (C=O) groups excluding carboxylic acids is 1. The first kappa shape index (κ1) is 16.1. The third-order valence-corrected chi connectivity index (χ3v) is 3.86. The van der Waals surface area contributed by atoms with Gasteiger partial charge in [0.25, 0.3) is 0 Å². The van der Waals surface area contributed by atoms with Gasteiger partial charge in [-0.05, 0) is 47.9 Å². The Morgan fingerprint density at radius 1 is 1.21 bits per heavy atom. The standard InChI is InChI=1S/C19H16F2N2O/c1-12(2)18-15(5-4-10-24)19(22-23-9-3-6-17(18)23)14-8-7-13(20)11-16(14)21/h3-12H,1-2H3. The molecular weight excluding hydrogens is 310 g/mol. The SMILES string of the molecule is CC(C)c1c(C=CC=O)c(-c2ccc(F)cc2F)nn2cccc12. The molecule has 0 bridgehead atoms. The van der Waals surface area contributed by atoms with E-state index in [1.165, 1.54) is 18.2 Å². The Morgan fingerprint density at radius 3 is 2.67 bits per heavy atom. The summed E-state index contributed by atoms with van der Waals surface area (Å²) >= 11 is 0. The van der Waals surface area contributed by atoms with Crippen LogP contribution in [0.5, 0.6) is 0 Å². The van der Waals surface area contributed by atoms with Crippen LogP contribution in [0.2, 0.25) is 0 Å². The van der Waals surface area contributed by atoms with E-state index in [2.05, 4.69) is 5.10 Å². The number of allylic oxidation sites excluding steroid dienone is 1. The van der Waals surface area contributed by atoms with Crippen LogP contribution in [0, 0.1) is 11.6 Å². The van der Waals surface area contributed by atoms with Gasteiger partial charge in [0.1, 0.15) is 23.6 Å². The molecule has 3 nitrogen and oxygen atoms in total. The van der Waals surface area contributed by atoms with Crippen LogP contribution in [0.3, 0.4) is 0 Å². The van der Waals surface area contributed by atoms with Crippen LogP contribution in [0.25, 0.3) is 22.9 Å². The smallest absolute Gasteiger partial charge is 0.142 e. The van der Waals surface area contributed by atoms with E-state index in [1.54, 1.807) is 16.8 Å². The monoisotopic (exact) mass is 326 g/mol. The van der Waals surface area contributed by atoms with Crippen LogP contribution >= 0.6 is 0 Å². The maximum absolute atomic E-state index is 14.3. The van der Waals surface area contributed by atoms with Gasteiger partial charge in [-0.1, -0.05) is 13.8 Å². The van der Waals surface area contributed by atoms with Crippen molar-refractivity contribution in [2.24, 2.45) is 0 Å². The summed E-state index contributed by atoms with van der Waals surface area (Å²) in [5.74, 6) is -1.21. The molecule has 24 heavy (non-hydrogen) atoms. The average molecular weight is 326 g/mol. The highest BCUT2D eigenvalue weighted by Gasteiger charge is 2.19. The van der Waals surface area contributed by atoms with E-state index in [9.17, 15) is 13.6 Å². The van der Waals surface area contributed by atoms with Gasteiger partial charge < -0.3 is 0 Å². The molecule has 3 rings (SSSR count). The summed E-state index contributed by atoms with van der Waals surface area (Å²) in [6.45, 7) is 4.04. The van der Waals surface area contributed by atoms with Crippen LogP contribution in [0.1, 0.15) is 30.9 Å². The molecule has 0 aliphatic rings. The lowest BCUT2D eigenvalue weighted by molar-refractivity contribution is -0.104. The van der Waals surface area contributed by atoms with Crippen LogP contribution < -0.4 is 0 Å². The molecule has 3 aromatic rings. The maximum Gasteiger partial charge on any atom is 0.142 e. The summed E-state index contributed by atoms with van der Waals surface area (Å²) in [5, 5.41) is 4.48. The fourth-order valence-corrected chi connectivity index (χ4v) is 2.89. The van der Waals surface area contributed by atoms with Gasteiger partial charge >= 0.3 is 0 Å². The predicted octanol–water partition coefficient (Wildman–Crippen LogP) is 4.62. The summed E-state index contributed by atoms with van der Waals surface area (Å²) in [4.78, 5) is 10.8. The Kier molecular flexibility index (Phi) is 4.25. The molecule has 2 aromatic heterocycles. The van der Waals surface area contributed by atoms with Crippen molar-refractivity contribution < 1.29 is 13.6 Å². The molecule has 0 aliphatic carbocycles. The summed E-state index contributed by atoms with van der Waals surface area (Å²) in [6.07, 6.45) is 5.42. The summed E-state index contributed by atoms with van der Waals surface area (Å²) < 4.78 is 29.2. The predicted molar refractivity (Wildman–Crippen MR) is 89.7 cm³/mol. The molecule has 122 valence electrons. The molecule has 0 radical (unpaired) electrons. The Morgan fingerprint density at radius 2 is 2.00 bits per heavy atom. The summed E-state index contributed by atoms with van der Waals surface area (Å²) in [5.41, 5.74) is 3.07. The normalized spacial score (nSPS) is 11.7. The Bertz CT molecular complexity index is 942. The lowest BCUT2D eigenvalue weighted by Gasteiger charge is -2.17. The van der Waals surface area contributed by atoms with Gasteiger partial charge in [-0.25, -0.2) is 13.3 Å². The molecule has 0 atom stereocenters. The first-order valence-electron chi connectivity index (χ1n) is 7.61. The maximum atomic E-state index is 14.3. The van der Waals surface area contributed by atoms with Crippen LogP contribution in [0.15, 0.2) is 42.6 Å². The number of nitrogens with zero attached hydrogens (tertiary/aromatic N) is 2. The van der Waals surface area contributed by atoms with E-state index in [-0.39, 0.29) is 11.5 Å². The topological polar surface area (TPSA) is 34.4 Å². The summed E-state index contributed by atoms with van der Waals surface area (Å²) in [7, 11) is 0. The molecule has 0 aliphatic heterocycles. The van der Waals surface area contributed by atoms with Crippen LogP contribution in [-0.4, -0.2) is 15.9 Å². The zero-order valence-corrected chi connectivity index (χ0v) is 13.3. The Balaban J connectivity index is 2.41. The first-order chi connectivity index (χ1) is 11.5. The highest BCUT2D eigenvalue weighted by Crippen LogP contribution is 2.34. The van der Waals surface area contributed by atoms with Gasteiger partial charge in [0, 0.05) is 23.4 Å². The summed E-state index contributed by atoms with van der Waals surface area (Å²) in [6, 6.07) is 7.17. The highest BCUT2D eigenvalue weighted by molar-refractivity contribution is 5.84. The van der Waals surface area contributed by atoms with E-state index in [4.69, 9.17) is 0 Å². The fraction of sp³-hybridized carbons (Fsp3) is 0.158. The second-order valence-corrected chi connectivity index (χ2v) is 5.79. The minimum Gasteiger partial charge on any atom is -0.299 e. The largest absolute Gasteiger partial charge is 0.299 e. The van der Waals surface area contributed by atoms with E-state index in [0.717, 1.165) is 17.1 Å². The number of halogens is 2. The van der Waals surface area contributed by atoms with Gasteiger partial charge in [0.15, 0.2) is 0 Å². The average Bonchev–Trinajstić information content (AvgIpc) is 2.99. The lowest BCUT2D eigenvalue weighted by Crippen LogP contribution is -2.05. The molecule has 0 fully saturated rings. The molecular formula is C19H16F2N2O. The molecule has 0 N–H and O–H groups in total. The number of benzene rings is 1. The Labute approximate surface area is 138 Å². The fourth-order valence-electron chi connectivity index (χ4n) is 2.89. The minimum atomic E-state index is -0.690. The van der Waals surface area contributed by atoms with E-state index < -0.39 is 11.6 Å². The molecule has 2 heterocycles. The third kappa shape index (κ3) is 2.73. The van der Waals surface area contributed by atoms with Gasteiger partial charge in [-0.3, -0.25) is 4.79 Å². The highest BCUT2D eigenvalue weighted by atomic mass is 19.1. The van der Waals surface area contributed by atoms with Crippen LogP contribution in [-0.2, 0) is 4.79 Å². The van der Waals surface area contributed by atoms with Gasteiger partial charge in [0.2, 0.25) is 0 Å². The molecule has 0 saturated carbocycles. The van der Waals surface area contributed by atoms with Crippen molar-refractivity contribution in [1.29, 1.82) is 0 Å². The third-order valence-electron chi connectivity index (χ3n) is 3.86. The molecule has 0 saturated heterocycles.